The van der Waals surface area contributed by atoms with Crippen LogP contribution >= 0.6 is 11.8 Å². The molecule has 1 atom stereocenters. The molecule has 0 fully saturated rings. The van der Waals surface area contributed by atoms with Gasteiger partial charge in [-0.05, 0) is 44.4 Å². The number of aromatic nitrogens is 3. The van der Waals surface area contributed by atoms with Gasteiger partial charge >= 0.3 is 5.97 Å². The van der Waals surface area contributed by atoms with Gasteiger partial charge in [-0.3, -0.25) is 0 Å². The van der Waals surface area contributed by atoms with Gasteiger partial charge in [0.05, 0.1) is 12.2 Å². The highest BCUT2D eigenvalue weighted by molar-refractivity contribution is 7.99. The number of carbonyl (C=O) groups is 1. The number of allylic oxidation sites excluding steroid dienone is 1. The number of fused-ring (bicyclic) bond motifs is 1. The molecule has 3 aromatic rings. The third-order valence-electron chi connectivity index (χ3n) is 5.62. The molecular formula is C26H30N4O3S. The smallest absolute Gasteiger partial charge is 0.338 e. The van der Waals surface area contributed by atoms with Crippen LogP contribution in [0.2, 0.25) is 0 Å². The number of anilines is 1. The van der Waals surface area contributed by atoms with E-state index in [1.807, 2.05) is 43.3 Å². The van der Waals surface area contributed by atoms with Crippen molar-refractivity contribution in [2.24, 2.45) is 0 Å². The lowest BCUT2D eigenvalue weighted by Crippen LogP contribution is -2.30. The number of hydrogen-bond donors (Lipinski definition) is 1. The Morgan fingerprint density at radius 3 is 2.65 bits per heavy atom. The molecule has 1 N–H and O–H groups in total. The van der Waals surface area contributed by atoms with Crippen LogP contribution in [0.1, 0.15) is 49.9 Å². The van der Waals surface area contributed by atoms with Gasteiger partial charge in [-0.15, -0.1) is 5.10 Å². The van der Waals surface area contributed by atoms with Gasteiger partial charge in [-0.25, -0.2) is 9.48 Å². The molecular weight excluding hydrogens is 448 g/mol. The van der Waals surface area contributed by atoms with Gasteiger partial charge in [-0.1, -0.05) is 61.2 Å². The Hall–Kier alpha value is -3.26. The molecule has 2 aromatic carbocycles. The number of hydrogen-bond acceptors (Lipinski definition) is 7. The van der Waals surface area contributed by atoms with E-state index in [0.29, 0.717) is 34.7 Å². The van der Waals surface area contributed by atoms with Crippen molar-refractivity contribution in [3.8, 4) is 5.75 Å². The highest BCUT2D eigenvalue weighted by Gasteiger charge is 2.36. The minimum Gasteiger partial charge on any atom is -0.489 e. The Morgan fingerprint density at radius 2 is 1.88 bits per heavy atom. The van der Waals surface area contributed by atoms with E-state index in [9.17, 15) is 4.79 Å². The van der Waals surface area contributed by atoms with Gasteiger partial charge in [-0.2, -0.15) is 4.98 Å². The summed E-state index contributed by atoms with van der Waals surface area (Å²) in [5.41, 5.74) is 4.31. The van der Waals surface area contributed by atoms with Crippen molar-refractivity contribution in [1.82, 2.24) is 14.8 Å². The van der Waals surface area contributed by atoms with E-state index in [4.69, 9.17) is 14.6 Å². The first-order valence-electron chi connectivity index (χ1n) is 11.5. The van der Waals surface area contributed by atoms with Crippen LogP contribution in [0.3, 0.4) is 0 Å². The number of ether oxygens (including phenoxy) is 2. The third-order valence-corrected chi connectivity index (χ3v) is 6.67. The molecule has 0 spiro atoms. The molecule has 0 bridgehead atoms. The van der Waals surface area contributed by atoms with Crippen molar-refractivity contribution in [3.63, 3.8) is 0 Å². The monoisotopic (exact) mass is 478 g/mol. The average molecular weight is 479 g/mol. The highest BCUT2D eigenvalue weighted by Crippen LogP contribution is 2.40. The summed E-state index contributed by atoms with van der Waals surface area (Å²) in [5.74, 6) is 1.83. The second kappa shape index (κ2) is 10.8. The van der Waals surface area contributed by atoms with E-state index in [-0.39, 0.29) is 12.6 Å². The lowest BCUT2D eigenvalue weighted by Gasteiger charge is -2.29. The molecule has 1 aliphatic rings. The van der Waals surface area contributed by atoms with Crippen molar-refractivity contribution in [2.45, 2.75) is 51.9 Å². The van der Waals surface area contributed by atoms with Crippen molar-refractivity contribution in [2.75, 3.05) is 17.7 Å². The molecule has 0 amide bonds. The molecule has 0 aliphatic carbocycles. The normalized spacial score (nSPS) is 15.0. The van der Waals surface area contributed by atoms with Crippen molar-refractivity contribution in [1.29, 1.82) is 0 Å². The van der Waals surface area contributed by atoms with E-state index in [0.717, 1.165) is 23.3 Å². The van der Waals surface area contributed by atoms with Crippen molar-refractivity contribution in [3.05, 3.63) is 76.5 Å². The zero-order valence-electron chi connectivity index (χ0n) is 20.0. The van der Waals surface area contributed by atoms with Crippen LogP contribution in [-0.4, -0.2) is 33.1 Å². The largest absolute Gasteiger partial charge is 0.489 e. The first-order chi connectivity index (χ1) is 16.5. The fourth-order valence-corrected chi connectivity index (χ4v) is 4.60. The molecule has 1 aliphatic heterocycles. The van der Waals surface area contributed by atoms with Crippen LogP contribution in [0, 0.1) is 6.92 Å². The maximum atomic E-state index is 13.1. The summed E-state index contributed by atoms with van der Waals surface area (Å²) in [4.78, 5) is 17.8. The number of rotatable bonds is 9. The van der Waals surface area contributed by atoms with E-state index < -0.39 is 6.04 Å². The zero-order valence-corrected chi connectivity index (χ0v) is 20.8. The first-order valence-corrected chi connectivity index (χ1v) is 12.5. The second-order valence-corrected chi connectivity index (χ2v) is 9.11. The second-order valence-electron chi connectivity index (χ2n) is 8.05. The summed E-state index contributed by atoms with van der Waals surface area (Å²) < 4.78 is 13.5. The molecule has 7 nitrogen and oxygen atoms in total. The van der Waals surface area contributed by atoms with Crippen LogP contribution in [-0.2, 0) is 16.1 Å². The van der Waals surface area contributed by atoms with Crippen LogP contribution in [0.5, 0.6) is 5.75 Å². The molecule has 0 radical (unpaired) electrons. The first kappa shape index (κ1) is 23.9. The number of carbonyl (C=O) groups excluding carboxylic acids is 1. The highest BCUT2D eigenvalue weighted by atomic mass is 32.2. The van der Waals surface area contributed by atoms with Gasteiger partial charge in [0, 0.05) is 17.0 Å². The molecule has 1 aromatic heterocycles. The van der Waals surface area contributed by atoms with Gasteiger partial charge in [0.1, 0.15) is 18.4 Å². The number of nitrogens with one attached hydrogen (secondary N) is 1. The van der Waals surface area contributed by atoms with E-state index in [1.54, 1.807) is 23.4 Å². The summed E-state index contributed by atoms with van der Waals surface area (Å²) in [6.45, 7) is 8.57. The summed E-state index contributed by atoms with van der Waals surface area (Å²) >= 11 is 1.60. The number of aryl methyl sites for hydroxylation is 1. The summed E-state index contributed by atoms with van der Waals surface area (Å²) in [7, 11) is 0. The van der Waals surface area contributed by atoms with E-state index in [1.165, 1.54) is 5.56 Å². The molecule has 0 saturated carbocycles. The Labute approximate surface area is 204 Å². The Balaban J connectivity index is 1.76. The molecule has 8 heteroatoms. The van der Waals surface area contributed by atoms with E-state index in [2.05, 4.69) is 36.3 Å². The molecule has 178 valence electrons. The van der Waals surface area contributed by atoms with Gasteiger partial charge < -0.3 is 14.8 Å². The van der Waals surface area contributed by atoms with Gasteiger partial charge in [0.2, 0.25) is 11.1 Å². The standard InChI is InChI=1S/C26H30N4O3S/c1-5-15-34-26-28-25-27-18(4)22(24(31)32-6-2)23(30(25)29-26)20-13-9-10-14-21(20)33-16-19-12-8-7-11-17(19)3/h7-14,23H,5-6,15-16H2,1-4H3,(H,27,28,29). The molecule has 4 rings (SSSR count). The van der Waals surface area contributed by atoms with E-state index >= 15 is 0 Å². The van der Waals surface area contributed by atoms with Crippen molar-refractivity contribution >= 4 is 23.7 Å². The summed E-state index contributed by atoms with van der Waals surface area (Å²) in [6.07, 6.45) is 1.02. The molecule has 1 unspecified atom stereocenters. The Kier molecular flexibility index (Phi) is 7.57. The fraction of sp³-hybridized carbons (Fsp3) is 0.346. The predicted octanol–water partition coefficient (Wildman–Crippen LogP) is 5.52. The van der Waals surface area contributed by atoms with Crippen LogP contribution in [0.25, 0.3) is 0 Å². The number of benzene rings is 2. The Bertz CT molecular complexity index is 1200. The molecule has 34 heavy (non-hydrogen) atoms. The van der Waals surface area contributed by atoms with Crippen LogP contribution in [0.4, 0.5) is 5.95 Å². The zero-order chi connectivity index (χ0) is 24.1. The average Bonchev–Trinajstić information content (AvgIpc) is 3.24. The fourth-order valence-electron chi connectivity index (χ4n) is 3.91. The van der Waals surface area contributed by atoms with Crippen LogP contribution in [0.15, 0.2) is 65.0 Å². The third kappa shape index (κ3) is 4.97. The lowest BCUT2D eigenvalue weighted by atomic mass is 9.95. The van der Waals surface area contributed by atoms with Gasteiger partial charge in [0.25, 0.3) is 0 Å². The summed E-state index contributed by atoms with van der Waals surface area (Å²) in [6, 6.07) is 15.4. The number of para-hydroxylation sites is 1. The maximum Gasteiger partial charge on any atom is 0.338 e. The minimum atomic E-state index is -0.521. The van der Waals surface area contributed by atoms with Gasteiger partial charge in [0.15, 0.2) is 0 Å². The summed E-state index contributed by atoms with van der Waals surface area (Å²) in [5, 5.41) is 8.67. The SMILES string of the molecule is CCCSc1nc2n(n1)C(c1ccccc1OCc1ccccc1C)C(C(=O)OCC)=C(C)N2. The number of esters is 1. The topological polar surface area (TPSA) is 78.3 Å². The lowest BCUT2D eigenvalue weighted by molar-refractivity contribution is -0.139. The quantitative estimate of drug-likeness (QED) is 0.320. The maximum absolute atomic E-state index is 13.1. The molecule has 0 saturated heterocycles. The van der Waals surface area contributed by atoms with Crippen LogP contribution < -0.4 is 10.1 Å². The predicted molar refractivity (Wildman–Crippen MR) is 134 cm³/mol. The molecule has 2 heterocycles. The number of nitrogens with zero attached hydrogens (tertiary/aromatic N) is 3. The minimum absolute atomic E-state index is 0.287. The van der Waals surface area contributed by atoms with Crippen molar-refractivity contribution < 1.29 is 14.3 Å². The number of thioether (sulfide) groups is 1. The Morgan fingerprint density at radius 1 is 1.12 bits per heavy atom.